The number of rotatable bonds is 5. The lowest BCUT2D eigenvalue weighted by Gasteiger charge is -2.22. The minimum absolute atomic E-state index is 0.142. The fourth-order valence-electron chi connectivity index (χ4n) is 3.52. The summed E-state index contributed by atoms with van der Waals surface area (Å²) in [5, 5.41) is 5.87. The van der Waals surface area contributed by atoms with Crippen LogP contribution in [0.3, 0.4) is 0 Å². The van der Waals surface area contributed by atoms with Crippen molar-refractivity contribution in [3.05, 3.63) is 65.2 Å². The zero-order valence-electron chi connectivity index (χ0n) is 16.4. The van der Waals surface area contributed by atoms with Gasteiger partial charge in [0.05, 0.1) is 6.26 Å². The Hall–Kier alpha value is -2.82. The number of benzene rings is 1. The monoisotopic (exact) mass is 380 g/mol. The molecule has 5 nitrogen and oxygen atoms in total. The third-order valence-electron chi connectivity index (χ3n) is 5.04. The summed E-state index contributed by atoms with van der Waals surface area (Å²) in [7, 11) is 0. The summed E-state index contributed by atoms with van der Waals surface area (Å²) in [5.41, 5.74) is 1.70. The van der Waals surface area contributed by atoms with Crippen LogP contribution in [0.5, 0.6) is 0 Å². The first-order valence-electron chi connectivity index (χ1n) is 10.1. The molecule has 0 spiro atoms. The first kappa shape index (κ1) is 19.9. The van der Waals surface area contributed by atoms with Crippen LogP contribution in [-0.4, -0.2) is 17.9 Å². The smallest absolute Gasteiger partial charge is 0.268 e. The SMILES string of the molecule is Cc1cccc(C(=O)N/C(=C\c2ccco2)C(=O)NC2CCCCCCC2)c1. The van der Waals surface area contributed by atoms with Crippen molar-refractivity contribution in [3.63, 3.8) is 0 Å². The highest BCUT2D eigenvalue weighted by Crippen LogP contribution is 2.18. The summed E-state index contributed by atoms with van der Waals surface area (Å²) in [6, 6.07) is 10.9. The summed E-state index contributed by atoms with van der Waals surface area (Å²) < 4.78 is 5.34. The van der Waals surface area contributed by atoms with Crippen LogP contribution in [0.1, 0.15) is 66.6 Å². The second kappa shape index (κ2) is 9.93. The van der Waals surface area contributed by atoms with Crippen molar-refractivity contribution >= 4 is 17.9 Å². The molecule has 5 heteroatoms. The minimum Gasteiger partial charge on any atom is -0.465 e. The lowest BCUT2D eigenvalue weighted by Crippen LogP contribution is -2.40. The fraction of sp³-hybridized carbons (Fsp3) is 0.391. The van der Waals surface area contributed by atoms with E-state index in [1.807, 2.05) is 19.1 Å². The van der Waals surface area contributed by atoms with Gasteiger partial charge in [-0.2, -0.15) is 0 Å². The third kappa shape index (κ3) is 5.84. The van der Waals surface area contributed by atoms with E-state index in [0.717, 1.165) is 31.2 Å². The lowest BCUT2D eigenvalue weighted by molar-refractivity contribution is -0.118. The molecule has 1 aliphatic rings. The van der Waals surface area contributed by atoms with Crippen molar-refractivity contribution in [1.82, 2.24) is 10.6 Å². The molecule has 2 amide bonds. The van der Waals surface area contributed by atoms with Crippen molar-refractivity contribution in [3.8, 4) is 0 Å². The van der Waals surface area contributed by atoms with Crippen LogP contribution in [0, 0.1) is 6.92 Å². The van der Waals surface area contributed by atoms with E-state index >= 15 is 0 Å². The van der Waals surface area contributed by atoms with Crippen molar-refractivity contribution in [1.29, 1.82) is 0 Å². The van der Waals surface area contributed by atoms with Gasteiger partial charge in [0.2, 0.25) is 0 Å². The Bertz CT molecular complexity index is 816. The Morgan fingerprint density at radius 3 is 2.46 bits per heavy atom. The maximum atomic E-state index is 12.9. The predicted octanol–water partition coefficient (Wildman–Crippen LogP) is 4.59. The van der Waals surface area contributed by atoms with Crippen LogP contribution in [0.15, 0.2) is 52.8 Å². The molecule has 0 bridgehead atoms. The fourth-order valence-corrected chi connectivity index (χ4v) is 3.52. The van der Waals surface area contributed by atoms with E-state index in [0.29, 0.717) is 11.3 Å². The molecule has 1 heterocycles. The zero-order chi connectivity index (χ0) is 19.8. The average molecular weight is 380 g/mol. The van der Waals surface area contributed by atoms with Crippen molar-refractivity contribution in [2.24, 2.45) is 0 Å². The summed E-state index contributed by atoms with van der Waals surface area (Å²) in [6.07, 6.45) is 11.0. The van der Waals surface area contributed by atoms with Crippen LogP contribution in [0.2, 0.25) is 0 Å². The van der Waals surface area contributed by atoms with Crippen LogP contribution >= 0.6 is 0 Å². The van der Waals surface area contributed by atoms with Gasteiger partial charge in [-0.3, -0.25) is 9.59 Å². The highest BCUT2D eigenvalue weighted by molar-refractivity contribution is 6.05. The highest BCUT2D eigenvalue weighted by atomic mass is 16.3. The molecule has 1 saturated carbocycles. The Balaban J connectivity index is 1.74. The minimum atomic E-state index is -0.311. The average Bonchev–Trinajstić information content (AvgIpc) is 3.16. The molecule has 3 rings (SSSR count). The van der Waals surface area contributed by atoms with E-state index in [2.05, 4.69) is 10.6 Å². The summed E-state index contributed by atoms with van der Waals surface area (Å²) in [5.74, 6) is -0.0651. The van der Waals surface area contributed by atoms with Gasteiger partial charge in [0.15, 0.2) is 0 Å². The number of furan rings is 1. The van der Waals surface area contributed by atoms with Gasteiger partial charge in [-0.15, -0.1) is 0 Å². The van der Waals surface area contributed by atoms with Gasteiger partial charge in [0.25, 0.3) is 11.8 Å². The zero-order valence-corrected chi connectivity index (χ0v) is 16.4. The molecule has 0 saturated heterocycles. The molecule has 1 aliphatic carbocycles. The van der Waals surface area contributed by atoms with Gasteiger partial charge in [-0.1, -0.05) is 49.8 Å². The number of amides is 2. The molecule has 0 atom stereocenters. The van der Waals surface area contributed by atoms with Crippen molar-refractivity contribution in [2.75, 3.05) is 0 Å². The van der Waals surface area contributed by atoms with Gasteiger partial charge < -0.3 is 15.1 Å². The Kier molecular flexibility index (Phi) is 7.06. The van der Waals surface area contributed by atoms with Crippen LogP contribution in [-0.2, 0) is 4.79 Å². The van der Waals surface area contributed by atoms with Crippen molar-refractivity contribution < 1.29 is 14.0 Å². The molecule has 28 heavy (non-hydrogen) atoms. The van der Waals surface area contributed by atoms with Gasteiger partial charge in [-0.05, 0) is 44.0 Å². The molecule has 0 radical (unpaired) electrons. The van der Waals surface area contributed by atoms with Crippen LogP contribution < -0.4 is 10.6 Å². The van der Waals surface area contributed by atoms with E-state index in [4.69, 9.17) is 4.42 Å². The number of carbonyl (C=O) groups excluding carboxylic acids is 2. The van der Waals surface area contributed by atoms with Crippen molar-refractivity contribution in [2.45, 2.75) is 57.9 Å². The molecule has 1 aromatic carbocycles. The first-order valence-corrected chi connectivity index (χ1v) is 10.1. The first-order chi connectivity index (χ1) is 13.6. The topological polar surface area (TPSA) is 71.3 Å². The third-order valence-corrected chi connectivity index (χ3v) is 5.04. The van der Waals surface area contributed by atoms with E-state index in [9.17, 15) is 9.59 Å². The van der Waals surface area contributed by atoms with Gasteiger partial charge in [-0.25, -0.2) is 0 Å². The molecule has 2 N–H and O–H groups in total. The Morgan fingerprint density at radius 2 is 1.79 bits per heavy atom. The standard InChI is InChI=1S/C23H28N2O3/c1-17-9-7-10-18(15-17)22(26)25-21(16-20-13-8-14-28-20)23(27)24-19-11-5-3-2-4-6-12-19/h7-10,13-16,19H,2-6,11-12H2,1H3,(H,24,27)(H,25,26)/b21-16-. The lowest BCUT2D eigenvalue weighted by atomic mass is 9.96. The molecular formula is C23H28N2O3. The highest BCUT2D eigenvalue weighted by Gasteiger charge is 2.19. The quantitative estimate of drug-likeness (QED) is 0.746. The van der Waals surface area contributed by atoms with Crippen LogP contribution in [0.4, 0.5) is 0 Å². The van der Waals surface area contributed by atoms with Gasteiger partial charge in [0, 0.05) is 17.7 Å². The maximum Gasteiger partial charge on any atom is 0.268 e. The second-order valence-corrected chi connectivity index (χ2v) is 7.41. The molecule has 0 unspecified atom stereocenters. The normalized spacial score (nSPS) is 16.1. The summed E-state index contributed by atoms with van der Waals surface area (Å²) in [6.45, 7) is 1.93. The Morgan fingerprint density at radius 1 is 1.04 bits per heavy atom. The second-order valence-electron chi connectivity index (χ2n) is 7.41. The van der Waals surface area contributed by atoms with E-state index < -0.39 is 0 Å². The molecule has 148 valence electrons. The van der Waals surface area contributed by atoms with Gasteiger partial charge in [0.1, 0.15) is 11.5 Å². The summed E-state index contributed by atoms with van der Waals surface area (Å²) in [4.78, 5) is 25.6. The number of carbonyl (C=O) groups is 2. The van der Waals surface area contributed by atoms with E-state index in [1.165, 1.54) is 19.3 Å². The van der Waals surface area contributed by atoms with Crippen LogP contribution in [0.25, 0.3) is 6.08 Å². The van der Waals surface area contributed by atoms with Gasteiger partial charge >= 0.3 is 0 Å². The molecule has 1 fully saturated rings. The maximum absolute atomic E-state index is 12.9. The Labute approximate surface area is 166 Å². The summed E-state index contributed by atoms with van der Waals surface area (Å²) >= 11 is 0. The number of aryl methyl sites for hydroxylation is 1. The largest absolute Gasteiger partial charge is 0.465 e. The van der Waals surface area contributed by atoms with E-state index in [-0.39, 0.29) is 23.6 Å². The van der Waals surface area contributed by atoms with E-state index in [1.54, 1.807) is 36.6 Å². The molecule has 1 aromatic heterocycles. The molecule has 2 aromatic rings. The number of nitrogens with one attached hydrogen (secondary N) is 2. The molecule has 0 aliphatic heterocycles. The predicted molar refractivity (Wildman–Crippen MR) is 110 cm³/mol. The molecular weight excluding hydrogens is 352 g/mol. The number of hydrogen-bond donors (Lipinski definition) is 2. The number of hydrogen-bond acceptors (Lipinski definition) is 3.